The molecule has 2 heterocycles. The van der Waals surface area contributed by atoms with Crippen LogP contribution in [0.2, 0.25) is 0 Å². The summed E-state index contributed by atoms with van der Waals surface area (Å²) in [5.41, 5.74) is 6.13. The monoisotopic (exact) mass is 306 g/mol. The molecular weight excluding hydrogens is 280 g/mol. The molecule has 1 aromatic heterocycles. The number of aromatic nitrogens is 1. The maximum absolute atomic E-state index is 11.9. The minimum atomic E-state index is -0.527. The molecular formula is C16H26N4O2. The van der Waals surface area contributed by atoms with Gasteiger partial charge in [-0.1, -0.05) is 6.07 Å². The third-order valence-electron chi connectivity index (χ3n) is 3.53. The van der Waals surface area contributed by atoms with Gasteiger partial charge in [0.05, 0.1) is 6.04 Å². The highest BCUT2D eigenvalue weighted by molar-refractivity contribution is 5.68. The summed E-state index contributed by atoms with van der Waals surface area (Å²) in [5, 5.41) is 2.79. The Labute approximate surface area is 132 Å². The van der Waals surface area contributed by atoms with Crippen molar-refractivity contribution in [2.75, 3.05) is 24.5 Å². The molecule has 3 N–H and O–H groups in total. The third-order valence-corrected chi connectivity index (χ3v) is 3.53. The molecule has 6 nitrogen and oxygen atoms in total. The van der Waals surface area contributed by atoms with Crippen molar-refractivity contribution in [3.05, 3.63) is 23.9 Å². The molecule has 0 saturated carbocycles. The van der Waals surface area contributed by atoms with Crippen LogP contribution in [0.3, 0.4) is 0 Å². The van der Waals surface area contributed by atoms with E-state index in [1.807, 2.05) is 32.9 Å². The first-order chi connectivity index (χ1) is 10.4. The lowest BCUT2D eigenvalue weighted by molar-refractivity contribution is 0.0505. The summed E-state index contributed by atoms with van der Waals surface area (Å²) in [4.78, 5) is 18.6. The highest BCUT2D eigenvalue weighted by Crippen LogP contribution is 2.20. The van der Waals surface area contributed by atoms with Gasteiger partial charge in [0.15, 0.2) is 0 Å². The van der Waals surface area contributed by atoms with Crippen LogP contribution in [0.15, 0.2) is 18.3 Å². The minimum absolute atomic E-state index is 0.296. The Morgan fingerprint density at radius 1 is 1.41 bits per heavy atom. The van der Waals surface area contributed by atoms with Gasteiger partial charge in [0, 0.05) is 25.8 Å². The van der Waals surface area contributed by atoms with Crippen molar-refractivity contribution in [3.8, 4) is 0 Å². The molecule has 0 radical (unpaired) electrons. The fourth-order valence-electron chi connectivity index (χ4n) is 2.47. The van der Waals surface area contributed by atoms with Gasteiger partial charge in [0.2, 0.25) is 0 Å². The summed E-state index contributed by atoms with van der Waals surface area (Å²) >= 11 is 0. The summed E-state index contributed by atoms with van der Waals surface area (Å²) in [7, 11) is 0. The van der Waals surface area contributed by atoms with Crippen LogP contribution in [-0.2, 0) is 4.74 Å². The molecule has 22 heavy (non-hydrogen) atoms. The Morgan fingerprint density at radius 2 is 2.09 bits per heavy atom. The second-order valence-electron chi connectivity index (χ2n) is 6.58. The van der Waals surface area contributed by atoms with Crippen LogP contribution in [0.1, 0.15) is 45.2 Å². The zero-order chi connectivity index (χ0) is 16.2. The van der Waals surface area contributed by atoms with Crippen LogP contribution in [0.5, 0.6) is 0 Å². The van der Waals surface area contributed by atoms with Gasteiger partial charge in [-0.3, -0.25) is 0 Å². The van der Waals surface area contributed by atoms with Gasteiger partial charge in [-0.15, -0.1) is 0 Å². The van der Waals surface area contributed by atoms with E-state index in [2.05, 4.69) is 15.2 Å². The number of ether oxygens (including phenoxy) is 1. The minimum Gasteiger partial charge on any atom is -0.444 e. The average molecular weight is 306 g/mol. The number of pyridine rings is 1. The van der Waals surface area contributed by atoms with E-state index in [0.717, 1.165) is 24.5 Å². The molecule has 0 aliphatic carbocycles. The number of hydrogen-bond donors (Lipinski definition) is 2. The second kappa shape index (κ2) is 6.96. The topological polar surface area (TPSA) is 80.5 Å². The Morgan fingerprint density at radius 3 is 2.59 bits per heavy atom. The quantitative estimate of drug-likeness (QED) is 0.891. The number of anilines is 1. The zero-order valence-corrected chi connectivity index (χ0v) is 13.6. The van der Waals surface area contributed by atoms with Gasteiger partial charge >= 0.3 is 6.09 Å². The molecule has 0 bridgehead atoms. The van der Waals surface area contributed by atoms with Crippen molar-refractivity contribution in [2.24, 2.45) is 5.73 Å². The maximum Gasteiger partial charge on any atom is 0.408 e. The smallest absolute Gasteiger partial charge is 0.408 e. The van der Waals surface area contributed by atoms with E-state index >= 15 is 0 Å². The normalized spacial score (nSPS) is 16.5. The van der Waals surface area contributed by atoms with Gasteiger partial charge < -0.3 is 20.7 Å². The molecule has 6 heteroatoms. The third kappa shape index (κ3) is 4.59. The molecule has 1 unspecified atom stereocenters. The predicted octanol–water partition coefficient (Wildman–Crippen LogP) is 2.21. The summed E-state index contributed by atoms with van der Waals surface area (Å²) in [6.45, 7) is 7.90. The number of rotatable bonds is 4. The molecule has 1 amide bonds. The SMILES string of the molecule is CC(C)(C)OC(=O)NC(CN)c1ccc(N2CCCC2)nc1. The number of amides is 1. The molecule has 122 valence electrons. The van der Waals surface area contributed by atoms with E-state index < -0.39 is 11.7 Å². The van der Waals surface area contributed by atoms with E-state index in [1.54, 1.807) is 6.20 Å². The molecule has 1 fully saturated rings. The Balaban J connectivity index is 1.99. The lowest BCUT2D eigenvalue weighted by atomic mass is 10.1. The number of nitrogens with one attached hydrogen (secondary N) is 1. The highest BCUT2D eigenvalue weighted by atomic mass is 16.6. The first-order valence-electron chi connectivity index (χ1n) is 7.79. The molecule has 1 aromatic rings. The van der Waals surface area contributed by atoms with Gasteiger partial charge in [-0.05, 0) is 45.2 Å². The van der Waals surface area contributed by atoms with Crippen LogP contribution < -0.4 is 16.0 Å². The molecule has 0 aromatic carbocycles. The van der Waals surface area contributed by atoms with E-state index in [-0.39, 0.29) is 6.04 Å². The summed E-state index contributed by atoms with van der Waals surface area (Å²) < 4.78 is 5.26. The lowest BCUT2D eigenvalue weighted by Gasteiger charge is -2.23. The van der Waals surface area contributed by atoms with Gasteiger partial charge in [0.25, 0.3) is 0 Å². The van der Waals surface area contributed by atoms with Crippen molar-refractivity contribution in [1.29, 1.82) is 0 Å². The van der Waals surface area contributed by atoms with Crippen molar-refractivity contribution in [2.45, 2.75) is 45.3 Å². The molecule has 1 saturated heterocycles. The molecule has 0 spiro atoms. The van der Waals surface area contributed by atoms with Gasteiger partial charge in [-0.25, -0.2) is 9.78 Å². The average Bonchev–Trinajstić information content (AvgIpc) is 2.97. The Kier molecular flexibility index (Phi) is 5.24. The van der Waals surface area contributed by atoms with Crippen molar-refractivity contribution < 1.29 is 9.53 Å². The number of carbonyl (C=O) groups excluding carboxylic acids is 1. The number of carbonyl (C=O) groups is 1. The fourth-order valence-corrected chi connectivity index (χ4v) is 2.47. The van der Waals surface area contributed by atoms with Crippen molar-refractivity contribution >= 4 is 11.9 Å². The molecule has 1 aliphatic rings. The van der Waals surface area contributed by atoms with Crippen LogP contribution >= 0.6 is 0 Å². The second-order valence-corrected chi connectivity index (χ2v) is 6.58. The van der Waals surface area contributed by atoms with E-state index in [1.165, 1.54) is 12.8 Å². The van der Waals surface area contributed by atoms with Crippen LogP contribution in [0.4, 0.5) is 10.6 Å². The standard InChI is InChI=1S/C16H26N4O2/c1-16(2,3)22-15(21)19-13(10-17)12-6-7-14(18-11-12)20-8-4-5-9-20/h6-7,11,13H,4-5,8-10,17H2,1-3H3,(H,19,21). The lowest BCUT2D eigenvalue weighted by Crippen LogP contribution is -2.37. The van der Waals surface area contributed by atoms with Crippen molar-refractivity contribution in [1.82, 2.24) is 10.3 Å². The van der Waals surface area contributed by atoms with E-state index in [0.29, 0.717) is 6.54 Å². The summed E-state index contributed by atoms with van der Waals surface area (Å²) in [6, 6.07) is 3.66. The summed E-state index contributed by atoms with van der Waals surface area (Å²) in [5.74, 6) is 0.981. The number of nitrogens with two attached hydrogens (primary N) is 1. The highest BCUT2D eigenvalue weighted by Gasteiger charge is 2.20. The van der Waals surface area contributed by atoms with Gasteiger partial charge in [-0.2, -0.15) is 0 Å². The molecule has 1 atom stereocenters. The largest absolute Gasteiger partial charge is 0.444 e. The first kappa shape index (κ1) is 16.5. The van der Waals surface area contributed by atoms with E-state index in [9.17, 15) is 4.79 Å². The first-order valence-corrected chi connectivity index (χ1v) is 7.79. The molecule has 1 aliphatic heterocycles. The number of hydrogen-bond acceptors (Lipinski definition) is 5. The summed E-state index contributed by atoms with van der Waals surface area (Å²) in [6.07, 6.45) is 3.75. The van der Waals surface area contributed by atoms with E-state index in [4.69, 9.17) is 10.5 Å². The number of nitrogens with zero attached hydrogens (tertiary/aromatic N) is 2. The maximum atomic E-state index is 11.9. The Bertz CT molecular complexity index is 490. The van der Waals surface area contributed by atoms with Crippen molar-refractivity contribution in [3.63, 3.8) is 0 Å². The molecule has 2 rings (SSSR count). The Hall–Kier alpha value is -1.82. The van der Waals surface area contributed by atoms with Gasteiger partial charge in [0.1, 0.15) is 11.4 Å². The number of alkyl carbamates (subject to hydrolysis) is 1. The zero-order valence-electron chi connectivity index (χ0n) is 13.6. The predicted molar refractivity (Wildman–Crippen MR) is 86.8 cm³/mol. The van der Waals surface area contributed by atoms with Crippen LogP contribution in [0.25, 0.3) is 0 Å². The van der Waals surface area contributed by atoms with Crippen LogP contribution in [-0.4, -0.2) is 36.3 Å². The fraction of sp³-hybridized carbons (Fsp3) is 0.625. The van der Waals surface area contributed by atoms with Crippen LogP contribution in [0, 0.1) is 0 Å².